The van der Waals surface area contributed by atoms with Crippen LogP contribution in [-0.2, 0) is 6.42 Å². The van der Waals surface area contributed by atoms with E-state index in [0.717, 1.165) is 35.7 Å². The Labute approximate surface area is 171 Å². The van der Waals surface area contributed by atoms with Gasteiger partial charge < -0.3 is 10.2 Å². The number of nitrogens with one attached hydrogen (secondary N) is 1. The van der Waals surface area contributed by atoms with Crippen molar-refractivity contribution in [2.75, 3.05) is 16.8 Å². The average molecular weight is 391 g/mol. The van der Waals surface area contributed by atoms with Crippen molar-refractivity contribution in [2.24, 2.45) is 0 Å². The van der Waals surface area contributed by atoms with Gasteiger partial charge in [-0.1, -0.05) is 29.8 Å². The number of anilines is 3. The van der Waals surface area contributed by atoms with E-state index in [1.54, 1.807) is 0 Å². The fraction of sp³-hybridized carbons (Fsp3) is 0.333. The van der Waals surface area contributed by atoms with Gasteiger partial charge in [0.2, 0.25) is 5.95 Å². The molecular weight excluding hydrogens is 363 g/mol. The molecule has 1 aliphatic heterocycles. The van der Waals surface area contributed by atoms with Gasteiger partial charge in [0.15, 0.2) is 0 Å². The van der Waals surface area contributed by atoms with E-state index in [1.165, 1.54) is 34.4 Å². The highest BCUT2D eigenvalue weighted by Gasteiger charge is 2.28. The number of nitrogens with zero attached hydrogens (tertiary/aromatic N) is 3. The second-order valence-electron chi connectivity index (χ2n) is 8.00. The van der Waals surface area contributed by atoms with Crippen molar-refractivity contribution < 1.29 is 4.39 Å². The molecule has 1 atom stereocenters. The summed E-state index contributed by atoms with van der Waals surface area (Å²) in [7, 11) is 0. The second kappa shape index (κ2) is 7.47. The molecule has 1 aromatic heterocycles. The third kappa shape index (κ3) is 3.69. The molecule has 0 saturated carbocycles. The molecule has 0 spiro atoms. The van der Waals surface area contributed by atoms with Crippen LogP contribution in [0.4, 0.5) is 21.8 Å². The van der Waals surface area contributed by atoms with Crippen molar-refractivity contribution in [3.8, 4) is 0 Å². The van der Waals surface area contributed by atoms with Crippen LogP contribution in [0.2, 0.25) is 0 Å². The predicted molar refractivity (Wildman–Crippen MR) is 117 cm³/mol. The molecule has 1 aliphatic rings. The summed E-state index contributed by atoms with van der Waals surface area (Å²) in [6, 6.07) is 11.2. The van der Waals surface area contributed by atoms with E-state index in [1.807, 2.05) is 19.1 Å². The third-order valence-electron chi connectivity index (χ3n) is 5.80. The van der Waals surface area contributed by atoms with Crippen LogP contribution < -0.4 is 10.2 Å². The third-order valence-corrected chi connectivity index (χ3v) is 5.80. The molecule has 4 nitrogen and oxygen atoms in total. The Bertz CT molecular complexity index is 1040. The van der Waals surface area contributed by atoms with Crippen LogP contribution in [0.15, 0.2) is 36.4 Å². The number of aryl methyl sites for hydroxylation is 4. The predicted octanol–water partition coefficient (Wildman–Crippen LogP) is 5.72. The molecule has 0 aliphatic carbocycles. The smallest absolute Gasteiger partial charge is 0.229 e. The fourth-order valence-corrected chi connectivity index (χ4v) is 4.29. The van der Waals surface area contributed by atoms with Gasteiger partial charge in [0.25, 0.3) is 0 Å². The van der Waals surface area contributed by atoms with E-state index in [0.29, 0.717) is 5.95 Å². The first kappa shape index (κ1) is 19.4. The van der Waals surface area contributed by atoms with Crippen molar-refractivity contribution >= 4 is 17.5 Å². The summed E-state index contributed by atoms with van der Waals surface area (Å²) in [5.74, 6) is 1.38. The number of rotatable bonds is 4. The summed E-state index contributed by atoms with van der Waals surface area (Å²) in [4.78, 5) is 11.9. The summed E-state index contributed by atoms with van der Waals surface area (Å²) in [6.07, 6.45) is 0.926. The van der Waals surface area contributed by atoms with E-state index in [-0.39, 0.29) is 11.9 Å². The summed E-state index contributed by atoms with van der Waals surface area (Å²) in [6.45, 7) is 11.4. The van der Waals surface area contributed by atoms with Gasteiger partial charge in [-0.25, -0.2) is 9.37 Å². The highest BCUT2D eigenvalue weighted by atomic mass is 19.1. The Morgan fingerprint density at radius 3 is 2.31 bits per heavy atom. The van der Waals surface area contributed by atoms with Gasteiger partial charge >= 0.3 is 0 Å². The van der Waals surface area contributed by atoms with E-state index < -0.39 is 0 Å². The largest absolute Gasteiger partial charge is 0.349 e. The molecule has 4 rings (SSSR count). The maximum atomic E-state index is 13.3. The summed E-state index contributed by atoms with van der Waals surface area (Å²) in [5.41, 5.74) is 7.95. The minimum absolute atomic E-state index is 0.113. The van der Waals surface area contributed by atoms with Crippen LogP contribution in [0.5, 0.6) is 0 Å². The monoisotopic (exact) mass is 390 g/mol. The zero-order chi connectivity index (χ0) is 20.7. The lowest BCUT2D eigenvalue weighted by molar-refractivity contribution is 0.623. The molecule has 29 heavy (non-hydrogen) atoms. The lowest BCUT2D eigenvalue weighted by atomic mass is 10.1. The number of hydrogen-bond donors (Lipinski definition) is 1. The molecule has 3 aromatic rings. The van der Waals surface area contributed by atoms with Crippen LogP contribution in [0.25, 0.3) is 0 Å². The Morgan fingerprint density at radius 1 is 1.00 bits per heavy atom. The lowest BCUT2D eigenvalue weighted by Crippen LogP contribution is -2.25. The number of aromatic nitrogens is 2. The van der Waals surface area contributed by atoms with Crippen LogP contribution in [0.3, 0.4) is 0 Å². The summed E-state index contributed by atoms with van der Waals surface area (Å²) >= 11 is 0. The minimum Gasteiger partial charge on any atom is -0.349 e. The molecule has 1 N–H and O–H groups in total. The molecule has 2 aromatic carbocycles. The zero-order valence-corrected chi connectivity index (χ0v) is 17.7. The summed E-state index contributed by atoms with van der Waals surface area (Å²) < 4.78 is 13.3. The van der Waals surface area contributed by atoms with E-state index in [4.69, 9.17) is 9.97 Å². The van der Waals surface area contributed by atoms with Gasteiger partial charge in [-0.15, -0.1) is 0 Å². The Morgan fingerprint density at radius 2 is 1.66 bits per heavy atom. The zero-order valence-electron chi connectivity index (χ0n) is 17.7. The van der Waals surface area contributed by atoms with Crippen molar-refractivity contribution in [3.63, 3.8) is 0 Å². The van der Waals surface area contributed by atoms with E-state index in [2.05, 4.69) is 50.0 Å². The van der Waals surface area contributed by atoms with Gasteiger partial charge in [-0.05, 0) is 69.9 Å². The molecule has 0 amide bonds. The minimum atomic E-state index is -0.212. The average Bonchev–Trinajstić information content (AvgIpc) is 3.09. The van der Waals surface area contributed by atoms with E-state index in [9.17, 15) is 4.39 Å². The van der Waals surface area contributed by atoms with Gasteiger partial charge in [0.1, 0.15) is 11.6 Å². The first-order chi connectivity index (χ1) is 13.8. The highest BCUT2D eigenvalue weighted by Crippen LogP contribution is 2.36. The molecule has 0 bridgehead atoms. The van der Waals surface area contributed by atoms with Gasteiger partial charge in [-0.3, -0.25) is 0 Å². The Kier molecular flexibility index (Phi) is 4.99. The van der Waals surface area contributed by atoms with Crippen molar-refractivity contribution in [2.45, 2.75) is 47.1 Å². The van der Waals surface area contributed by atoms with E-state index >= 15 is 0 Å². The lowest BCUT2D eigenvalue weighted by Gasteiger charge is -2.27. The molecule has 150 valence electrons. The van der Waals surface area contributed by atoms with Gasteiger partial charge in [-0.2, -0.15) is 4.98 Å². The molecule has 5 heteroatoms. The van der Waals surface area contributed by atoms with Crippen LogP contribution in [0.1, 0.15) is 46.5 Å². The Hall–Kier alpha value is -2.95. The molecular formula is C24H27FN4. The second-order valence-corrected chi connectivity index (χ2v) is 8.00. The van der Waals surface area contributed by atoms with Gasteiger partial charge in [0.05, 0.1) is 6.04 Å². The maximum Gasteiger partial charge on any atom is 0.229 e. The van der Waals surface area contributed by atoms with Crippen molar-refractivity contribution in [3.05, 3.63) is 75.7 Å². The first-order valence-electron chi connectivity index (χ1n) is 10.1. The standard InChI is InChI=1S/C24H27FN4/c1-14-12-15(2)22(16(3)13-14)27-24-26-17(4)21-10-11-29(23(21)28-24)18(5)19-6-8-20(25)9-7-19/h6-9,12-13,18H,10-11H2,1-5H3,(H,26,27,28). The van der Waals surface area contributed by atoms with Crippen LogP contribution in [-0.4, -0.2) is 16.5 Å². The molecule has 1 unspecified atom stereocenters. The quantitative estimate of drug-likeness (QED) is 0.619. The molecule has 2 heterocycles. The number of benzene rings is 2. The number of halogens is 1. The number of hydrogen-bond acceptors (Lipinski definition) is 4. The first-order valence-corrected chi connectivity index (χ1v) is 10.1. The molecule has 0 radical (unpaired) electrons. The summed E-state index contributed by atoms with van der Waals surface area (Å²) in [5, 5.41) is 3.45. The topological polar surface area (TPSA) is 41.1 Å². The van der Waals surface area contributed by atoms with Crippen LogP contribution >= 0.6 is 0 Å². The van der Waals surface area contributed by atoms with Crippen molar-refractivity contribution in [1.29, 1.82) is 0 Å². The maximum absolute atomic E-state index is 13.3. The SMILES string of the molecule is Cc1cc(C)c(Nc2nc(C)c3c(n2)N(C(C)c2ccc(F)cc2)CC3)c(C)c1. The van der Waals surface area contributed by atoms with Crippen LogP contribution in [0, 0.1) is 33.5 Å². The fourth-order valence-electron chi connectivity index (χ4n) is 4.29. The molecule has 0 fully saturated rings. The molecule has 0 saturated heterocycles. The Balaban J connectivity index is 1.68. The highest BCUT2D eigenvalue weighted by molar-refractivity contribution is 5.66. The normalized spacial score (nSPS) is 14.1. The number of fused-ring (bicyclic) bond motifs is 1. The van der Waals surface area contributed by atoms with Gasteiger partial charge in [0, 0.05) is 23.5 Å². The van der Waals surface area contributed by atoms with Crippen molar-refractivity contribution in [1.82, 2.24) is 9.97 Å².